The third-order valence-electron chi connectivity index (χ3n) is 5.69. The molecule has 0 saturated heterocycles. The second kappa shape index (κ2) is 14.7. The highest BCUT2D eigenvalue weighted by Gasteiger charge is 2.37. The summed E-state index contributed by atoms with van der Waals surface area (Å²) in [6.45, 7) is 12.2. The molecule has 9 heteroatoms. The topological polar surface area (TPSA) is 128 Å². The van der Waals surface area contributed by atoms with Crippen molar-refractivity contribution < 1.29 is 29.3 Å². The normalized spacial score (nSPS) is 13.9. The molecule has 1 aromatic rings. The molecule has 0 fully saturated rings. The van der Waals surface area contributed by atoms with Crippen LogP contribution in [-0.4, -0.2) is 63.9 Å². The molecule has 4 N–H and O–H groups in total. The lowest BCUT2D eigenvalue weighted by atomic mass is 9.98. The molecule has 36 heavy (non-hydrogen) atoms. The van der Waals surface area contributed by atoms with Gasteiger partial charge in [-0.3, -0.25) is 9.59 Å². The van der Waals surface area contributed by atoms with E-state index in [1.165, 1.54) is 4.90 Å². The second-order valence-electron chi connectivity index (χ2n) is 10.2. The van der Waals surface area contributed by atoms with Crippen molar-refractivity contribution in [2.45, 2.75) is 104 Å². The van der Waals surface area contributed by atoms with E-state index in [9.17, 15) is 24.6 Å². The smallest absolute Gasteiger partial charge is 0.408 e. The van der Waals surface area contributed by atoms with Gasteiger partial charge in [-0.15, -0.1) is 0 Å². The lowest BCUT2D eigenvalue weighted by Crippen LogP contribution is -2.55. The highest BCUT2D eigenvalue weighted by Crippen LogP contribution is 2.32. The largest absolute Gasteiger partial charge is 0.507 e. The fourth-order valence-electron chi connectivity index (χ4n) is 3.91. The SMILES string of the molecule is CCCCCN(C(=O)C(CO)NC(=O)OC(C)(C)C)C(C(=O)NC(C)CCC)c1cccc(C)c1O. The number of rotatable bonds is 13. The highest BCUT2D eigenvalue weighted by atomic mass is 16.6. The number of benzene rings is 1. The van der Waals surface area contributed by atoms with Crippen LogP contribution in [0.1, 0.15) is 90.8 Å². The molecular weight excluding hydrogens is 462 g/mol. The number of phenols is 1. The zero-order valence-corrected chi connectivity index (χ0v) is 22.9. The lowest BCUT2D eigenvalue weighted by molar-refractivity contribution is -0.143. The number of aliphatic hydroxyl groups is 1. The van der Waals surface area contributed by atoms with Crippen LogP contribution >= 0.6 is 0 Å². The van der Waals surface area contributed by atoms with Gasteiger partial charge in [-0.05, 0) is 53.0 Å². The number of aromatic hydroxyl groups is 1. The van der Waals surface area contributed by atoms with Crippen molar-refractivity contribution >= 4 is 17.9 Å². The number of carbonyl (C=O) groups excluding carboxylic acids is 3. The number of phenolic OH excluding ortho intramolecular Hbond substituents is 1. The van der Waals surface area contributed by atoms with Crippen molar-refractivity contribution in [2.24, 2.45) is 0 Å². The Kier molecular flexibility index (Phi) is 12.7. The Hall–Kier alpha value is -2.81. The number of aryl methyl sites for hydroxylation is 1. The molecule has 0 aliphatic rings. The molecular formula is C27H45N3O6. The van der Waals surface area contributed by atoms with E-state index in [2.05, 4.69) is 10.6 Å². The number of ether oxygens (including phenoxy) is 1. The average Bonchev–Trinajstić information content (AvgIpc) is 2.78. The van der Waals surface area contributed by atoms with E-state index in [1.807, 2.05) is 20.8 Å². The summed E-state index contributed by atoms with van der Waals surface area (Å²) < 4.78 is 5.25. The van der Waals surface area contributed by atoms with Gasteiger partial charge in [-0.2, -0.15) is 0 Å². The molecule has 1 aromatic carbocycles. The molecule has 3 unspecified atom stereocenters. The zero-order chi connectivity index (χ0) is 27.5. The number of nitrogens with one attached hydrogen (secondary N) is 2. The van der Waals surface area contributed by atoms with E-state index in [1.54, 1.807) is 45.9 Å². The molecule has 0 heterocycles. The number of hydrogen-bond donors (Lipinski definition) is 4. The maximum Gasteiger partial charge on any atom is 0.408 e. The molecule has 3 atom stereocenters. The van der Waals surface area contributed by atoms with Crippen LogP contribution in [0, 0.1) is 6.92 Å². The van der Waals surface area contributed by atoms with Crippen molar-refractivity contribution in [1.29, 1.82) is 0 Å². The fraction of sp³-hybridized carbons (Fsp3) is 0.667. The Morgan fingerprint density at radius 3 is 2.31 bits per heavy atom. The van der Waals surface area contributed by atoms with E-state index in [0.29, 0.717) is 12.0 Å². The van der Waals surface area contributed by atoms with Crippen LogP contribution in [0.15, 0.2) is 18.2 Å². The van der Waals surface area contributed by atoms with Crippen LogP contribution < -0.4 is 10.6 Å². The van der Waals surface area contributed by atoms with Crippen LogP contribution in [0.25, 0.3) is 0 Å². The van der Waals surface area contributed by atoms with E-state index in [4.69, 9.17) is 4.74 Å². The first-order valence-electron chi connectivity index (χ1n) is 12.9. The van der Waals surface area contributed by atoms with E-state index in [0.717, 1.165) is 25.7 Å². The summed E-state index contributed by atoms with van der Waals surface area (Å²) in [5.41, 5.74) is 0.0625. The molecule has 0 aliphatic heterocycles. The van der Waals surface area contributed by atoms with Gasteiger partial charge in [0.05, 0.1) is 6.61 Å². The Morgan fingerprint density at radius 2 is 1.75 bits per heavy atom. The molecule has 0 saturated carbocycles. The zero-order valence-electron chi connectivity index (χ0n) is 22.9. The van der Waals surface area contributed by atoms with Gasteiger partial charge in [0, 0.05) is 18.2 Å². The Bertz CT molecular complexity index is 868. The second-order valence-corrected chi connectivity index (χ2v) is 10.2. The molecule has 3 amide bonds. The van der Waals surface area contributed by atoms with Gasteiger partial charge in [0.15, 0.2) is 0 Å². The number of amides is 3. The quantitative estimate of drug-likeness (QED) is 0.299. The molecule has 0 aliphatic carbocycles. The molecule has 204 valence electrons. The van der Waals surface area contributed by atoms with Crippen molar-refractivity contribution in [3.8, 4) is 5.75 Å². The van der Waals surface area contributed by atoms with Crippen LogP contribution in [-0.2, 0) is 14.3 Å². The summed E-state index contributed by atoms with van der Waals surface area (Å²) in [7, 11) is 0. The van der Waals surface area contributed by atoms with Crippen molar-refractivity contribution in [1.82, 2.24) is 15.5 Å². The van der Waals surface area contributed by atoms with Gasteiger partial charge in [-0.1, -0.05) is 51.3 Å². The van der Waals surface area contributed by atoms with Crippen molar-refractivity contribution in [3.63, 3.8) is 0 Å². The highest BCUT2D eigenvalue weighted by molar-refractivity contribution is 5.92. The van der Waals surface area contributed by atoms with E-state index in [-0.39, 0.29) is 23.9 Å². The number of para-hydroxylation sites is 1. The Labute approximate surface area is 215 Å². The molecule has 0 aromatic heterocycles. The molecule has 9 nitrogen and oxygen atoms in total. The molecule has 0 spiro atoms. The maximum atomic E-state index is 13.7. The third-order valence-corrected chi connectivity index (χ3v) is 5.69. The number of hydrogen-bond acceptors (Lipinski definition) is 6. The predicted octanol–water partition coefficient (Wildman–Crippen LogP) is 3.95. The summed E-state index contributed by atoms with van der Waals surface area (Å²) >= 11 is 0. The summed E-state index contributed by atoms with van der Waals surface area (Å²) in [5, 5.41) is 26.3. The minimum atomic E-state index is -1.32. The Morgan fingerprint density at radius 1 is 1.08 bits per heavy atom. The minimum absolute atomic E-state index is 0.0743. The maximum absolute atomic E-state index is 13.7. The van der Waals surface area contributed by atoms with Crippen LogP contribution in [0.5, 0.6) is 5.75 Å². The minimum Gasteiger partial charge on any atom is -0.507 e. The van der Waals surface area contributed by atoms with Crippen molar-refractivity contribution in [2.75, 3.05) is 13.2 Å². The van der Waals surface area contributed by atoms with Gasteiger partial charge < -0.3 is 30.5 Å². The van der Waals surface area contributed by atoms with Gasteiger partial charge in [0.25, 0.3) is 0 Å². The average molecular weight is 508 g/mol. The summed E-state index contributed by atoms with van der Waals surface area (Å²) in [5.74, 6) is -1.14. The van der Waals surface area contributed by atoms with Gasteiger partial charge in [0.2, 0.25) is 11.8 Å². The monoisotopic (exact) mass is 507 g/mol. The number of unbranched alkanes of at least 4 members (excludes halogenated alkanes) is 2. The van der Waals surface area contributed by atoms with Gasteiger partial charge >= 0.3 is 6.09 Å². The van der Waals surface area contributed by atoms with E-state index >= 15 is 0 Å². The molecule has 1 rings (SSSR count). The van der Waals surface area contributed by atoms with Gasteiger partial charge in [0.1, 0.15) is 23.4 Å². The van der Waals surface area contributed by atoms with Crippen LogP contribution in [0.4, 0.5) is 4.79 Å². The fourth-order valence-corrected chi connectivity index (χ4v) is 3.91. The van der Waals surface area contributed by atoms with Crippen LogP contribution in [0.3, 0.4) is 0 Å². The first kappa shape index (κ1) is 31.2. The lowest BCUT2D eigenvalue weighted by Gasteiger charge is -2.35. The first-order valence-corrected chi connectivity index (χ1v) is 12.9. The first-order chi connectivity index (χ1) is 16.9. The number of aliphatic hydroxyl groups excluding tert-OH is 1. The molecule has 0 bridgehead atoms. The standard InChI is InChI=1S/C27H45N3O6/c1-8-10-11-16-30(25(34)21(17-31)29-26(35)36-27(5,6)7)22(24(33)28-19(4)13-9-2)20-15-12-14-18(3)23(20)32/h12,14-15,19,21-22,31-32H,8-11,13,16-17H2,1-7H3,(H,28,33)(H,29,35). The molecule has 0 radical (unpaired) electrons. The summed E-state index contributed by atoms with van der Waals surface area (Å²) in [6, 6.07) is 2.44. The summed E-state index contributed by atoms with van der Waals surface area (Å²) in [4.78, 5) is 41.0. The number of nitrogens with zero attached hydrogens (tertiary/aromatic N) is 1. The van der Waals surface area contributed by atoms with Crippen LogP contribution in [0.2, 0.25) is 0 Å². The van der Waals surface area contributed by atoms with Gasteiger partial charge in [-0.25, -0.2) is 4.79 Å². The summed E-state index contributed by atoms with van der Waals surface area (Å²) in [6.07, 6.45) is 3.08. The number of carbonyl (C=O) groups is 3. The number of alkyl carbamates (subject to hydrolysis) is 1. The van der Waals surface area contributed by atoms with E-state index < -0.39 is 42.2 Å². The Balaban J connectivity index is 3.48. The third kappa shape index (κ3) is 9.68. The van der Waals surface area contributed by atoms with Crippen molar-refractivity contribution in [3.05, 3.63) is 29.3 Å². The predicted molar refractivity (Wildman–Crippen MR) is 140 cm³/mol.